The van der Waals surface area contributed by atoms with Crippen LogP contribution in [0.25, 0.3) is 0 Å². The average Bonchev–Trinajstić information content (AvgIpc) is 2.38. The third kappa shape index (κ3) is 2.38. The molecule has 0 bridgehead atoms. The van der Waals surface area contributed by atoms with Gasteiger partial charge in [-0.1, -0.05) is 6.92 Å². The lowest BCUT2D eigenvalue weighted by Gasteiger charge is -2.32. The molecular formula is C14H18FNO2. The molecule has 0 saturated carbocycles. The van der Waals surface area contributed by atoms with Gasteiger partial charge in [0.25, 0.3) is 0 Å². The van der Waals surface area contributed by atoms with Crippen LogP contribution in [0.3, 0.4) is 0 Å². The summed E-state index contributed by atoms with van der Waals surface area (Å²) in [4.78, 5) is 12.4. The summed E-state index contributed by atoms with van der Waals surface area (Å²) in [5.74, 6) is -0.298. The second-order valence-corrected chi connectivity index (χ2v) is 4.99. The van der Waals surface area contributed by atoms with E-state index in [4.69, 9.17) is 4.74 Å². The first-order valence-corrected chi connectivity index (χ1v) is 6.16. The SMILES string of the molecule is COc1ccc(C(=O)C2(C)CCNCC2)cc1F. The van der Waals surface area contributed by atoms with Crippen LogP contribution in [-0.4, -0.2) is 26.0 Å². The summed E-state index contributed by atoms with van der Waals surface area (Å²) in [5.41, 5.74) is 0.0458. The Morgan fingerprint density at radius 3 is 2.61 bits per heavy atom. The van der Waals surface area contributed by atoms with Gasteiger partial charge < -0.3 is 10.1 Å². The van der Waals surface area contributed by atoms with Crippen molar-refractivity contribution in [3.05, 3.63) is 29.6 Å². The first kappa shape index (κ1) is 13.0. The average molecular weight is 251 g/mol. The van der Waals surface area contributed by atoms with Crippen molar-refractivity contribution in [2.75, 3.05) is 20.2 Å². The van der Waals surface area contributed by atoms with Crippen molar-refractivity contribution in [2.45, 2.75) is 19.8 Å². The van der Waals surface area contributed by atoms with E-state index >= 15 is 0 Å². The summed E-state index contributed by atoms with van der Waals surface area (Å²) in [6.07, 6.45) is 1.58. The van der Waals surface area contributed by atoms with Crippen LogP contribution < -0.4 is 10.1 Å². The molecule has 18 heavy (non-hydrogen) atoms. The van der Waals surface area contributed by atoms with E-state index in [-0.39, 0.29) is 16.9 Å². The summed E-state index contributed by atoms with van der Waals surface area (Å²) in [7, 11) is 1.41. The number of methoxy groups -OCH3 is 1. The first-order chi connectivity index (χ1) is 8.57. The topological polar surface area (TPSA) is 38.3 Å². The second kappa shape index (κ2) is 5.06. The Morgan fingerprint density at radius 2 is 2.06 bits per heavy atom. The van der Waals surface area contributed by atoms with Crippen LogP contribution in [0.4, 0.5) is 4.39 Å². The molecule has 1 N–H and O–H groups in total. The second-order valence-electron chi connectivity index (χ2n) is 4.99. The van der Waals surface area contributed by atoms with Crippen LogP contribution in [0.2, 0.25) is 0 Å². The molecule has 1 heterocycles. The lowest BCUT2D eigenvalue weighted by molar-refractivity contribution is 0.0762. The van der Waals surface area contributed by atoms with E-state index in [1.165, 1.54) is 19.2 Å². The number of nitrogens with one attached hydrogen (secondary N) is 1. The lowest BCUT2D eigenvalue weighted by atomic mass is 9.75. The molecule has 0 spiro atoms. The first-order valence-electron chi connectivity index (χ1n) is 6.16. The molecule has 2 rings (SSSR count). The highest BCUT2D eigenvalue weighted by atomic mass is 19.1. The zero-order valence-corrected chi connectivity index (χ0v) is 10.8. The molecule has 0 amide bonds. The maximum absolute atomic E-state index is 13.6. The molecule has 1 fully saturated rings. The van der Waals surface area contributed by atoms with Gasteiger partial charge in [0.2, 0.25) is 0 Å². The zero-order chi connectivity index (χ0) is 13.2. The minimum Gasteiger partial charge on any atom is -0.494 e. The van der Waals surface area contributed by atoms with Crippen LogP contribution in [-0.2, 0) is 0 Å². The number of Topliss-reactive ketones (excluding diaryl/α,β-unsaturated/α-hetero) is 1. The Balaban J connectivity index is 2.25. The summed E-state index contributed by atoms with van der Waals surface area (Å²) in [5, 5.41) is 3.23. The number of benzene rings is 1. The Labute approximate surface area is 106 Å². The van der Waals surface area contributed by atoms with Gasteiger partial charge in [0.05, 0.1) is 7.11 Å². The maximum Gasteiger partial charge on any atom is 0.168 e. The van der Waals surface area contributed by atoms with Crippen LogP contribution in [0.15, 0.2) is 18.2 Å². The molecule has 4 heteroatoms. The number of hydrogen-bond acceptors (Lipinski definition) is 3. The monoisotopic (exact) mass is 251 g/mol. The predicted octanol–water partition coefficient (Wildman–Crippen LogP) is 2.41. The molecular weight excluding hydrogens is 233 g/mol. The fourth-order valence-electron chi connectivity index (χ4n) is 2.36. The van der Waals surface area contributed by atoms with Crippen LogP contribution in [0.1, 0.15) is 30.1 Å². The summed E-state index contributed by atoms with van der Waals surface area (Å²) in [6.45, 7) is 3.63. The number of ether oxygens (including phenoxy) is 1. The van der Waals surface area contributed by atoms with Crippen molar-refractivity contribution in [1.82, 2.24) is 5.32 Å². The highest BCUT2D eigenvalue weighted by molar-refractivity contribution is 6.00. The number of hydrogen-bond donors (Lipinski definition) is 1. The van der Waals surface area contributed by atoms with Crippen molar-refractivity contribution in [3.63, 3.8) is 0 Å². The Morgan fingerprint density at radius 1 is 1.39 bits per heavy atom. The van der Waals surface area contributed by atoms with E-state index in [0.29, 0.717) is 5.56 Å². The molecule has 0 radical (unpaired) electrons. The van der Waals surface area contributed by atoms with Gasteiger partial charge in [0.1, 0.15) is 0 Å². The van der Waals surface area contributed by atoms with Gasteiger partial charge in [-0.25, -0.2) is 4.39 Å². The van der Waals surface area contributed by atoms with E-state index in [2.05, 4.69) is 5.32 Å². The van der Waals surface area contributed by atoms with Gasteiger partial charge in [-0.3, -0.25) is 4.79 Å². The minimum atomic E-state index is -0.485. The Hall–Kier alpha value is -1.42. The molecule has 1 aliphatic rings. The number of rotatable bonds is 3. The molecule has 98 valence electrons. The minimum absolute atomic E-state index is 0.0190. The van der Waals surface area contributed by atoms with Gasteiger partial charge in [-0.2, -0.15) is 0 Å². The number of carbonyl (C=O) groups is 1. The Kier molecular flexibility index (Phi) is 3.66. The van der Waals surface area contributed by atoms with E-state index in [1.807, 2.05) is 6.92 Å². The predicted molar refractivity (Wildman–Crippen MR) is 67.5 cm³/mol. The normalized spacial score (nSPS) is 18.4. The molecule has 1 aromatic rings. The Bertz CT molecular complexity index is 453. The van der Waals surface area contributed by atoms with Crippen molar-refractivity contribution >= 4 is 5.78 Å². The van der Waals surface area contributed by atoms with Crippen molar-refractivity contribution in [2.24, 2.45) is 5.41 Å². The highest BCUT2D eigenvalue weighted by Gasteiger charge is 2.35. The largest absolute Gasteiger partial charge is 0.494 e. The molecule has 1 saturated heterocycles. The van der Waals surface area contributed by atoms with E-state index in [9.17, 15) is 9.18 Å². The van der Waals surface area contributed by atoms with E-state index < -0.39 is 5.82 Å². The fourth-order valence-corrected chi connectivity index (χ4v) is 2.36. The van der Waals surface area contributed by atoms with Gasteiger partial charge in [0, 0.05) is 11.0 Å². The molecule has 0 aliphatic carbocycles. The number of halogens is 1. The highest BCUT2D eigenvalue weighted by Crippen LogP contribution is 2.33. The van der Waals surface area contributed by atoms with E-state index in [1.54, 1.807) is 6.07 Å². The standard InChI is InChI=1S/C14H18FNO2/c1-14(5-7-16-8-6-14)13(17)10-3-4-12(18-2)11(15)9-10/h3-4,9,16H,5-8H2,1-2H3. The number of carbonyl (C=O) groups excluding carboxylic acids is 1. The third-order valence-corrected chi connectivity index (χ3v) is 3.67. The maximum atomic E-state index is 13.6. The van der Waals surface area contributed by atoms with Gasteiger partial charge in [-0.05, 0) is 44.1 Å². The molecule has 1 aliphatic heterocycles. The quantitative estimate of drug-likeness (QED) is 0.838. The zero-order valence-electron chi connectivity index (χ0n) is 10.8. The van der Waals surface area contributed by atoms with Gasteiger partial charge >= 0.3 is 0 Å². The summed E-state index contributed by atoms with van der Waals surface area (Å²) in [6, 6.07) is 4.42. The lowest BCUT2D eigenvalue weighted by Crippen LogP contribution is -2.40. The molecule has 0 aromatic heterocycles. The van der Waals surface area contributed by atoms with Gasteiger partial charge in [0.15, 0.2) is 17.3 Å². The molecule has 0 unspecified atom stereocenters. The third-order valence-electron chi connectivity index (χ3n) is 3.67. The molecule has 0 atom stereocenters. The summed E-state index contributed by atoms with van der Waals surface area (Å²) < 4.78 is 18.5. The molecule has 3 nitrogen and oxygen atoms in total. The molecule has 1 aromatic carbocycles. The van der Waals surface area contributed by atoms with Crippen molar-refractivity contribution in [3.8, 4) is 5.75 Å². The van der Waals surface area contributed by atoms with Crippen LogP contribution >= 0.6 is 0 Å². The fraction of sp³-hybridized carbons (Fsp3) is 0.500. The van der Waals surface area contributed by atoms with Crippen molar-refractivity contribution in [1.29, 1.82) is 0 Å². The van der Waals surface area contributed by atoms with Crippen LogP contribution in [0.5, 0.6) is 5.75 Å². The van der Waals surface area contributed by atoms with E-state index in [0.717, 1.165) is 25.9 Å². The number of ketones is 1. The smallest absolute Gasteiger partial charge is 0.168 e. The van der Waals surface area contributed by atoms with Gasteiger partial charge in [-0.15, -0.1) is 0 Å². The van der Waals surface area contributed by atoms with Crippen LogP contribution in [0, 0.1) is 11.2 Å². The number of piperidine rings is 1. The van der Waals surface area contributed by atoms with Crippen molar-refractivity contribution < 1.29 is 13.9 Å². The summed E-state index contributed by atoms with van der Waals surface area (Å²) >= 11 is 0.